The maximum absolute atomic E-state index is 12.6. The average Bonchev–Trinajstić information content (AvgIpc) is 2.73. The molecule has 7 heteroatoms. The van der Waals surface area contributed by atoms with E-state index >= 15 is 0 Å². The maximum atomic E-state index is 12.6. The zero-order chi connectivity index (χ0) is 17.3. The molecule has 0 bridgehead atoms. The summed E-state index contributed by atoms with van der Waals surface area (Å²) in [6.07, 6.45) is 1.07. The normalized spacial score (nSPS) is 20.4. The van der Waals surface area contributed by atoms with Crippen molar-refractivity contribution in [3.8, 4) is 0 Å². The van der Waals surface area contributed by atoms with Crippen LogP contribution in [0.2, 0.25) is 0 Å². The van der Waals surface area contributed by atoms with Gasteiger partial charge in [0.1, 0.15) is 22.4 Å². The van der Waals surface area contributed by atoms with Gasteiger partial charge in [0.15, 0.2) is 0 Å². The number of nitrogens with zero attached hydrogens (tertiary/aromatic N) is 2. The molecular weight excluding hydrogens is 316 g/mol. The highest BCUT2D eigenvalue weighted by Gasteiger charge is 2.48. The number of pyridine rings is 1. The van der Waals surface area contributed by atoms with Crippen molar-refractivity contribution in [2.75, 3.05) is 6.61 Å². The third-order valence-electron chi connectivity index (χ3n) is 3.19. The molecule has 2 rings (SSSR count). The Morgan fingerprint density at radius 1 is 1.39 bits per heavy atom. The van der Waals surface area contributed by atoms with Crippen molar-refractivity contribution in [1.82, 2.24) is 9.88 Å². The first-order valence-electron chi connectivity index (χ1n) is 7.39. The highest BCUT2D eigenvalue weighted by Crippen LogP contribution is 2.33. The molecular formula is C16H22N2O4S. The lowest BCUT2D eigenvalue weighted by Crippen LogP contribution is -2.51. The second-order valence-electron chi connectivity index (χ2n) is 6.71. The SMILES string of the molecule is CC(C)(C)OC(=O)N1[C@H](C(=O)Sc2ccccn2)COC1(C)C. The molecule has 0 unspecified atom stereocenters. The van der Waals surface area contributed by atoms with Crippen LogP contribution >= 0.6 is 11.8 Å². The van der Waals surface area contributed by atoms with Crippen LogP contribution < -0.4 is 0 Å². The molecule has 1 atom stereocenters. The number of hydrogen-bond donors (Lipinski definition) is 0. The van der Waals surface area contributed by atoms with E-state index in [9.17, 15) is 9.59 Å². The lowest BCUT2D eigenvalue weighted by atomic mass is 10.2. The van der Waals surface area contributed by atoms with E-state index in [-0.39, 0.29) is 11.7 Å². The first-order chi connectivity index (χ1) is 10.6. The number of carbonyl (C=O) groups excluding carboxylic acids is 2. The number of carbonyl (C=O) groups is 2. The standard InChI is InChI=1S/C16H22N2O4S/c1-15(2,3)22-14(20)18-11(10-21-16(18,4)5)13(19)23-12-8-6-7-9-17-12/h6-9,11H,10H2,1-5H3/t11-/m0/s1. The van der Waals surface area contributed by atoms with Gasteiger partial charge in [0, 0.05) is 6.20 Å². The van der Waals surface area contributed by atoms with E-state index in [1.165, 1.54) is 4.90 Å². The number of ether oxygens (including phenoxy) is 2. The molecule has 1 aliphatic heterocycles. The highest BCUT2D eigenvalue weighted by atomic mass is 32.2. The first-order valence-corrected chi connectivity index (χ1v) is 8.21. The molecule has 1 aliphatic rings. The molecule has 0 aliphatic carbocycles. The zero-order valence-corrected chi connectivity index (χ0v) is 14.8. The molecule has 0 radical (unpaired) electrons. The Kier molecular flexibility index (Phi) is 5.01. The number of thioether (sulfide) groups is 1. The summed E-state index contributed by atoms with van der Waals surface area (Å²) in [6, 6.07) is 4.64. The topological polar surface area (TPSA) is 68.7 Å². The first kappa shape index (κ1) is 17.7. The molecule has 0 spiro atoms. The summed E-state index contributed by atoms with van der Waals surface area (Å²) >= 11 is 1.00. The lowest BCUT2D eigenvalue weighted by molar-refractivity contribution is -0.116. The van der Waals surface area contributed by atoms with Gasteiger partial charge in [-0.25, -0.2) is 9.78 Å². The van der Waals surface area contributed by atoms with Gasteiger partial charge in [0.05, 0.1) is 6.61 Å². The molecule has 2 heterocycles. The van der Waals surface area contributed by atoms with Crippen molar-refractivity contribution >= 4 is 23.0 Å². The Hall–Kier alpha value is -1.60. The summed E-state index contributed by atoms with van der Waals surface area (Å²) in [5, 5.41) is 0.395. The van der Waals surface area contributed by atoms with E-state index in [0.29, 0.717) is 5.03 Å². The summed E-state index contributed by atoms with van der Waals surface area (Å²) in [6.45, 7) is 8.99. The van der Waals surface area contributed by atoms with Crippen LogP contribution in [0.3, 0.4) is 0 Å². The maximum Gasteiger partial charge on any atom is 0.413 e. The Balaban J connectivity index is 2.16. The predicted molar refractivity (Wildman–Crippen MR) is 87.0 cm³/mol. The number of hydrogen-bond acceptors (Lipinski definition) is 6. The molecule has 1 aromatic heterocycles. The minimum absolute atomic E-state index is 0.144. The van der Waals surface area contributed by atoms with Gasteiger partial charge in [-0.15, -0.1) is 0 Å². The van der Waals surface area contributed by atoms with E-state index in [0.717, 1.165) is 11.8 Å². The van der Waals surface area contributed by atoms with Gasteiger partial charge in [-0.3, -0.25) is 9.69 Å². The van der Waals surface area contributed by atoms with E-state index in [1.54, 1.807) is 52.9 Å². The fourth-order valence-corrected chi connectivity index (χ4v) is 2.99. The Morgan fingerprint density at radius 3 is 2.65 bits per heavy atom. The van der Waals surface area contributed by atoms with Gasteiger partial charge in [-0.1, -0.05) is 6.07 Å². The Labute approximate surface area is 140 Å². The van der Waals surface area contributed by atoms with E-state index in [4.69, 9.17) is 9.47 Å². The van der Waals surface area contributed by atoms with Crippen LogP contribution in [0.5, 0.6) is 0 Å². The van der Waals surface area contributed by atoms with E-state index in [2.05, 4.69) is 4.98 Å². The average molecular weight is 338 g/mol. The van der Waals surface area contributed by atoms with Crippen molar-refractivity contribution in [2.45, 2.75) is 57.0 Å². The molecule has 0 aromatic carbocycles. The molecule has 23 heavy (non-hydrogen) atoms. The number of amides is 1. The van der Waals surface area contributed by atoms with Gasteiger partial charge in [0.25, 0.3) is 0 Å². The fourth-order valence-electron chi connectivity index (χ4n) is 2.21. The Morgan fingerprint density at radius 2 is 2.09 bits per heavy atom. The third kappa shape index (κ3) is 4.45. The molecule has 126 valence electrons. The summed E-state index contributed by atoms with van der Waals surface area (Å²) < 4.78 is 11.0. The van der Waals surface area contributed by atoms with Crippen LogP contribution in [0.15, 0.2) is 29.4 Å². The third-order valence-corrected chi connectivity index (χ3v) is 4.12. The summed E-state index contributed by atoms with van der Waals surface area (Å²) in [7, 11) is 0. The van der Waals surface area contributed by atoms with Gasteiger partial charge in [-0.2, -0.15) is 0 Å². The van der Waals surface area contributed by atoms with Crippen LogP contribution in [0.4, 0.5) is 4.79 Å². The molecule has 1 saturated heterocycles. The van der Waals surface area contributed by atoms with Crippen molar-refractivity contribution in [1.29, 1.82) is 0 Å². The second kappa shape index (κ2) is 6.49. The van der Waals surface area contributed by atoms with Gasteiger partial charge in [0.2, 0.25) is 5.12 Å². The minimum Gasteiger partial charge on any atom is -0.444 e. The van der Waals surface area contributed by atoms with Crippen LogP contribution in [0, 0.1) is 0 Å². The zero-order valence-electron chi connectivity index (χ0n) is 14.0. The van der Waals surface area contributed by atoms with Crippen molar-refractivity contribution in [3.05, 3.63) is 24.4 Å². The van der Waals surface area contributed by atoms with Crippen LogP contribution in [-0.2, 0) is 14.3 Å². The smallest absolute Gasteiger partial charge is 0.413 e. The van der Waals surface area contributed by atoms with E-state index in [1.807, 2.05) is 6.07 Å². The lowest BCUT2D eigenvalue weighted by Gasteiger charge is -2.34. The molecule has 1 fully saturated rings. The minimum atomic E-state index is -0.895. The monoisotopic (exact) mass is 338 g/mol. The Bertz CT molecular complexity index is 583. The molecule has 0 N–H and O–H groups in total. The molecule has 1 aromatic rings. The highest BCUT2D eigenvalue weighted by molar-refractivity contribution is 8.13. The van der Waals surface area contributed by atoms with Gasteiger partial charge < -0.3 is 9.47 Å². The van der Waals surface area contributed by atoms with E-state index < -0.39 is 23.5 Å². The van der Waals surface area contributed by atoms with Crippen molar-refractivity contribution in [2.24, 2.45) is 0 Å². The number of aromatic nitrogens is 1. The summed E-state index contributed by atoms with van der Waals surface area (Å²) in [5.41, 5.74) is -1.54. The summed E-state index contributed by atoms with van der Waals surface area (Å²) in [5.74, 6) is 0. The fraction of sp³-hybridized carbons (Fsp3) is 0.562. The quantitative estimate of drug-likeness (QED) is 0.772. The van der Waals surface area contributed by atoms with Crippen molar-refractivity contribution in [3.63, 3.8) is 0 Å². The van der Waals surface area contributed by atoms with Gasteiger partial charge in [-0.05, 0) is 58.5 Å². The van der Waals surface area contributed by atoms with Crippen LogP contribution in [-0.4, -0.2) is 45.1 Å². The van der Waals surface area contributed by atoms with Gasteiger partial charge >= 0.3 is 6.09 Å². The molecule has 0 saturated carbocycles. The number of rotatable bonds is 2. The predicted octanol–water partition coefficient (Wildman–Crippen LogP) is 3.07. The largest absolute Gasteiger partial charge is 0.444 e. The molecule has 1 amide bonds. The van der Waals surface area contributed by atoms with Crippen molar-refractivity contribution < 1.29 is 19.1 Å². The second-order valence-corrected chi connectivity index (χ2v) is 7.74. The van der Waals surface area contributed by atoms with Crippen LogP contribution in [0.25, 0.3) is 0 Å². The summed E-state index contributed by atoms with van der Waals surface area (Å²) in [4.78, 5) is 30.6. The van der Waals surface area contributed by atoms with Crippen LogP contribution in [0.1, 0.15) is 34.6 Å². The molecule has 6 nitrogen and oxygen atoms in total.